The van der Waals surface area contributed by atoms with E-state index in [1.165, 1.54) is 6.42 Å². The maximum Gasteiger partial charge on any atom is 0.225 e. The quantitative estimate of drug-likeness (QED) is 0.739. The molecule has 3 fully saturated rings. The van der Waals surface area contributed by atoms with Gasteiger partial charge in [-0.3, -0.25) is 4.79 Å². The van der Waals surface area contributed by atoms with Crippen LogP contribution in [0, 0.1) is 17.8 Å². The lowest BCUT2D eigenvalue weighted by Crippen LogP contribution is -2.46. The minimum atomic E-state index is -0.702. The SMILES string of the molecule is CN(CC1(O)CCNC1)C(=O)C1CC2CC2C1. The number of nitrogens with one attached hydrogen (secondary N) is 1. The van der Waals surface area contributed by atoms with Crippen LogP contribution in [0.1, 0.15) is 25.7 Å². The van der Waals surface area contributed by atoms with Crippen LogP contribution in [0.15, 0.2) is 0 Å². The highest BCUT2D eigenvalue weighted by atomic mass is 16.3. The maximum atomic E-state index is 12.2. The minimum Gasteiger partial charge on any atom is -0.387 e. The summed E-state index contributed by atoms with van der Waals surface area (Å²) in [6.07, 6.45) is 4.27. The van der Waals surface area contributed by atoms with Gasteiger partial charge in [0.15, 0.2) is 0 Å². The average molecular weight is 238 g/mol. The van der Waals surface area contributed by atoms with Crippen molar-refractivity contribution in [3.63, 3.8) is 0 Å². The molecule has 1 saturated heterocycles. The molecule has 2 saturated carbocycles. The van der Waals surface area contributed by atoms with E-state index >= 15 is 0 Å². The molecule has 1 amide bonds. The number of likely N-dealkylation sites (N-methyl/N-ethyl adjacent to an activating group) is 1. The fourth-order valence-electron chi connectivity index (χ4n) is 3.61. The summed E-state index contributed by atoms with van der Waals surface area (Å²) in [6, 6.07) is 0. The van der Waals surface area contributed by atoms with Gasteiger partial charge in [-0.15, -0.1) is 0 Å². The normalized spacial score (nSPS) is 43.5. The average Bonchev–Trinajstić information content (AvgIpc) is 2.73. The Bertz CT molecular complexity index is 315. The zero-order valence-electron chi connectivity index (χ0n) is 10.5. The van der Waals surface area contributed by atoms with E-state index in [9.17, 15) is 9.90 Å². The molecule has 3 atom stereocenters. The predicted octanol–water partition coefficient (Wildman–Crippen LogP) is 0.215. The first-order valence-electron chi connectivity index (χ1n) is 6.75. The Morgan fingerprint density at radius 2 is 2.12 bits per heavy atom. The third-order valence-electron chi connectivity index (χ3n) is 4.72. The fraction of sp³-hybridized carbons (Fsp3) is 0.923. The Hall–Kier alpha value is -0.610. The second-order valence-corrected chi connectivity index (χ2v) is 6.27. The first-order chi connectivity index (χ1) is 8.07. The summed E-state index contributed by atoms with van der Waals surface area (Å²) in [5.74, 6) is 2.17. The number of aliphatic hydroxyl groups is 1. The topological polar surface area (TPSA) is 52.6 Å². The van der Waals surface area contributed by atoms with Crippen molar-refractivity contribution in [2.45, 2.75) is 31.3 Å². The van der Waals surface area contributed by atoms with Crippen LogP contribution in [-0.4, -0.2) is 48.2 Å². The zero-order chi connectivity index (χ0) is 12.0. The Labute approximate surface area is 102 Å². The Morgan fingerprint density at radius 1 is 1.41 bits per heavy atom. The van der Waals surface area contributed by atoms with Crippen molar-refractivity contribution >= 4 is 5.91 Å². The van der Waals surface area contributed by atoms with Crippen molar-refractivity contribution < 1.29 is 9.90 Å². The van der Waals surface area contributed by atoms with E-state index in [4.69, 9.17) is 0 Å². The maximum absolute atomic E-state index is 12.2. The van der Waals surface area contributed by atoms with Crippen molar-refractivity contribution in [3.8, 4) is 0 Å². The van der Waals surface area contributed by atoms with Gasteiger partial charge in [0.05, 0.1) is 12.1 Å². The van der Waals surface area contributed by atoms with Gasteiger partial charge >= 0.3 is 0 Å². The summed E-state index contributed by atoms with van der Waals surface area (Å²) < 4.78 is 0. The van der Waals surface area contributed by atoms with Crippen LogP contribution in [0.25, 0.3) is 0 Å². The number of carbonyl (C=O) groups excluding carboxylic acids is 1. The molecule has 1 heterocycles. The molecule has 4 nitrogen and oxygen atoms in total. The minimum absolute atomic E-state index is 0.238. The van der Waals surface area contributed by atoms with E-state index in [2.05, 4.69) is 5.32 Å². The molecule has 0 spiro atoms. The van der Waals surface area contributed by atoms with Crippen LogP contribution in [0.2, 0.25) is 0 Å². The van der Waals surface area contributed by atoms with Gasteiger partial charge in [-0.05, 0) is 44.1 Å². The number of fused-ring (bicyclic) bond motifs is 1. The number of carbonyl (C=O) groups is 1. The number of hydrogen-bond acceptors (Lipinski definition) is 3. The summed E-state index contributed by atoms with van der Waals surface area (Å²) in [5.41, 5.74) is -0.702. The Kier molecular flexibility index (Phi) is 2.67. The van der Waals surface area contributed by atoms with E-state index in [1.807, 2.05) is 7.05 Å². The molecule has 3 unspecified atom stereocenters. The first-order valence-corrected chi connectivity index (χ1v) is 6.75. The summed E-state index contributed by atoms with van der Waals surface area (Å²) >= 11 is 0. The molecule has 0 bridgehead atoms. The lowest BCUT2D eigenvalue weighted by Gasteiger charge is -2.30. The van der Waals surface area contributed by atoms with E-state index < -0.39 is 5.60 Å². The molecule has 0 radical (unpaired) electrons. The predicted molar refractivity (Wildman–Crippen MR) is 64.4 cm³/mol. The van der Waals surface area contributed by atoms with Gasteiger partial charge in [0, 0.05) is 19.5 Å². The Morgan fingerprint density at radius 3 is 2.71 bits per heavy atom. The lowest BCUT2D eigenvalue weighted by molar-refractivity contribution is -0.137. The molecule has 17 heavy (non-hydrogen) atoms. The number of rotatable bonds is 3. The van der Waals surface area contributed by atoms with Gasteiger partial charge in [-0.2, -0.15) is 0 Å². The van der Waals surface area contributed by atoms with E-state index in [0.717, 1.165) is 37.6 Å². The van der Waals surface area contributed by atoms with Crippen molar-refractivity contribution in [2.24, 2.45) is 17.8 Å². The number of β-amino-alcohol motifs (C(OH)–C–C–N with tert-alkyl or cyclic N) is 1. The van der Waals surface area contributed by atoms with Crippen LogP contribution in [0.3, 0.4) is 0 Å². The highest BCUT2D eigenvalue weighted by molar-refractivity contribution is 5.79. The number of amides is 1. The second-order valence-electron chi connectivity index (χ2n) is 6.27. The number of hydrogen-bond donors (Lipinski definition) is 2. The summed E-state index contributed by atoms with van der Waals surface area (Å²) in [6.45, 7) is 1.94. The molecule has 0 aromatic heterocycles. The molecule has 3 aliphatic rings. The third kappa shape index (κ3) is 2.20. The molecule has 0 aromatic carbocycles. The second kappa shape index (κ2) is 3.95. The van der Waals surface area contributed by atoms with Gasteiger partial charge in [0.2, 0.25) is 5.91 Å². The molecule has 3 rings (SSSR count). The van der Waals surface area contributed by atoms with E-state index in [0.29, 0.717) is 13.1 Å². The molecule has 0 aromatic rings. The van der Waals surface area contributed by atoms with Crippen LogP contribution < -0.4 is 5.32 Å². The summed E-state index contributed by atoms with van der Waals surface area (Å²) in [4.78, 5) is 14.0. The summed E-state index contributed by atoms with van der Waals surface area (Å²) in [5, 5.41) is 13.4. The standard InChI is InChI=1S/C13H22N2O2/c1-15(8-13(17)2-3-14-7-13)12(16)11-5-9-4-10(9)6-11/h9-11,14,17H,2-8H2,1H3. The third-order valence-corrected chi connectivity index (χ3v) is 4.72. The highest BCUT2D eigenvalue weighted by Crippen LogP contribution is 2.54. The van der Waals surface area contributed by atoms with E-state index in [-0.39, 0.29) is 11.8 Å². The van der Waals surface area contributed by atoms with Crippen molar-refractivity contribution in [2.75, 3.05) is 26.7 Å². The monoisotopic (exact) mass is 238 g/mol. The van der Waals surface area contributed by atoms with Gasteiger partial charge in [0.1, 0.15) is 0 Å². The van der Waals surface area contributed by atoms with Gasteiger partial charge in [-0.25, -0.2) is 0 Å². The van der Waals surface area contributed by atoms with Gasteiger partial charge < -0.3 is 15.3 Å². The van der Waals surface area contributed by atoms with Crippen LogP contribution in [0.4, 0.5) is 0 Å². The van der Waals surface area contributed by atoms with Crippen molar-refractivity contribution in [3.05, 3.63) is 0 Å². The molecule has 2 N–H and O–H groups in total. The smallest absolute Gasteiger partial charge is 0.225 e. The van der Waals surface area contributed by atoms with E-state index in [1.54, 1.807) is 4.90 Å². The molecule has 96 valence electrons. The summed E-state index contributed by atoms with van der Waals surface area (Å²) in [7, 11) is 1.84. The molecular formula is C13H22N2O2. The lowest BCUT2D eigenvalue weighted by atomic mass is 9.99. The van der Waals surface area contributed by atoms with Crippen LogP contribution in [0.5, 0.6) is 0 Å². The van der Waals surface area contributed by atoms with Gasteiger partial charge in [0.25, 0.3) is 0 Å². The molecule has 4 heteroatoms. The van der Waals surface area contributed by atoms with Crippen molar-refractivity contribution in [1.82, 2.24) is 10.2 Å². The highest BCUT2D eigenvalue weighted by Gasteiger charge is 2.49. The number of nitrogens with zero attached hydrogens (tertiary/aromatic N) is 1. The zero-order valence-corrected chi connectivity index (χ0v) is 10.5. The largest absolute Gasteiger partial charge is 0.387 e. The van der Waals surface area contributed by atoms with Crippen LogP contribution >= 0.6 is 0 Å². The molecule has 1 aliphatic heterocycles. The molecule has 2 aliphatic carbocycles. The van der Waals surface area contributed by atoms with Gasteiger partial charge in [-0.1, -0.05) is 0 Å². The first kappa shape index (κ1) is 11.5. The fourth-order valence-corrected chi connectivity index (χ4v) is 3.61. The van der Waals surface area contributed by atoms with Crippen LogP contribution in [-0.2, 0) is 4.79 Å². The molecular weight excluding hydrogens is 216 g/mol. The Balaban J connectivity index is 1.54. The van der Waals surface area contributed by atoms with Crippen molar-refractivity contribution in [1.29, 1.82) is 0 Å².